The van der Waals surface area contributed by atoms with E-state index in [0.717, 1.165) is 0 Å². The van der Waals surface area contributed by atoms with Gasteiger partial charge in [0.15, 0.2) is 0 Å². The summed E-state index contributed by atoms with van der Waals surface area (Å²) in [6.07, 6.45) is 1.69. The fraction of sp³-hybridized carbons (Fsp3) is 0.286. The first-order valence-corrected chi connectivity index (χ1v) is 3.93. The third-order valence-corrected chi connectivity index (χ3v) is 1.77. The van der Waals surface area contributed by atoms with Gasteiger partial charge in [-0.15, -0.1) is 0 Å². The summed E-state index contributed by atoms with van der Waals surface area (Å²) >= 11 is 5.70. The van der Waals surface area contributed by atoms with Crippen molar-refractivity contribution < 1.29 is 4.79 Å². The number of hydrogen-bond donors (Lipinski definition) is 2. The van der Waals surface area contributed by atoms with Gasteiger partial charge in [-0.2, -0.15) is 0 Å². The first kappa shape index (κ1) is 9.09. The summed E-state index contributed by atoms with van der Waals surface area (Å²) < 4.78 is 1.73. The van der Waals surface area contributed by atoms with Crippen molar-refractivity contribution in [1.29, 1.82) is 0 Å². The number of nitrogens with two attached hydrogens (primary N) is 1. The number of nitrogens with one attached hydrogen (secondary N) is 1. The second-order valence-corrected chi connectivity index (χ2v) is 2.74. The standard InChI is InChI=1S/C7H10ClN3O/c1-2-11-4-5(8)3-6(11)7(12)10-9/h3-4H,2,9H2,1H3,(H,10,12). The van der Waals surface area contributed by atoms with Crippen molar-refractivity contribution in [3.63, 3.8) is 0 Å². The molecule has 1 heterocycles. The Labute approximate surface area is 75.3 Å². The van der Waals surface area contributed by atoms with Gasteiger partial charge in [0.25, 0.3) is 5.91 Å². The molecule has 0 aliphatic rings. The van der Waals surface area contributed by atoms with Crippen molar-refractivity contribution in [1.82, 2.24) is 9.99 Å². The topological polar surface area (TPSA) is 60.0 Å². The number of carbonyl (C=O) groups excluding carboxylic acids is 1. The maximum Gasteiger partial charge on any atom is 0.281 e. The number of aryl methyl sites for hydroxylation is 1. The van der Waals surface area contributed by atoms with Crippen molar-refractivity contribution in [3.05, 3.63) is 23.0 Å². The van der Waals surface area contributed by atoms with Crippen molar-refractivity contribution in [2.45, 2.75) is 13.5 Å². The van der Waals surface area contributed by atoms with Crippen LogP contribution in [0.3, 0.4) is 0 Å². The lowest BCUT2D eigenvalue weighted by Gasteiger charge is -2.02. The van der Waals surface area contributed by atoms with Gasteiger partial charge in [0.05, 0.1) is 5.02 Å². The highest BCUT2D eigenvalue weighted by Gasteiger charge is 2.09. The van der Waals surface area contributed by atoms with Crippen LogP contribution in [0.15, 0.2) is 12.3 Å². The van der Waals surface area contributed by atoms with E-state index in [0.29, 0.717) is 17.3 Å². The maximum atomic E-state index is 11.1. The van der Waals surface area contributed by atoms with E-state index in [1.165, 1.54) is 0 Å². The van der Waals surface area contributed by atoms with E-state index in [4.69, 9.17) is 17.4 Å². The van der Waals surface area contributed by atoms with E-state index >= 15 is 0 Å². The van der Waals surface area contributed by atoms with E-state index in [2.05, 4.69) is 5.43 Å². The molecule has 12 heavy (non-hydrogen) atoms. The van der Waals surface area contributed by atoms with Gasteiger partial charge >= 0.3 is 0 Å². The van der Waals surface area contributed by atoms with Crippen LogP contribution in [0.1, 0.15) is 17.4 Å². The molecule has 66 valence electrons. The van der Waals surface area contributed by atoms with E-state index < -0.39 is 0 Å². The fourth-order valence-corrected chi connectivity index (χ4v) is 1.22. The molecule has 0 spiro atoms. The second-order valence-electron chi connectivity index (χ2n) is 2.30. The molecule has 1 rings (SSSR count). The Bertz CT molecular complexity index is 295. The molecule has 0 unspecified atom stereocenters. The smallest absolute Gasteiger partial charge is 0.281 e. The van der Waals surface area contributed by atoms with Crippen LogP contribution in [0.5, 0.6) is 0 Å². The largest absolute Gasteiger partial charge is 0.342 e. The number of nitrogen functional groups attached to an aromatic ring is 1. The van der Waals surface area contributed by atoms with Gasteiger partial charge < -0.3 is 4.57 Å². The van der Waals surface area contributed by atoms with Gasteiger partial charge in [0.2, 0.25) is 0 Å². The van der Waals surface area contributed by atoms with Gasteiger partial charge in [-0.1, -0.05) is 11.6 Å². The van der Waals surface area contributed by atoms with E-state index in [-0.39, 0.29) is 5.91 Å². The van der Waals surface area contributed by atoms with Crippen LogP contribution in [0.4, 0.5) is 0 Å². The minimum Gasteiger partial charge on any atom is -0.342 e. The van der Waals surface area contributed by atoms with Crippen molar-refractivity contribution in [2.24, 2.45) is 5.84 Å². The number of amides is 1. The van der Waals surface area contributed by atoms with Crippen LogP contribution in [0, 0.1) is 0 Å². The van der Waals surface area contributed by atoms with Crippen LogP contribution >= 0.6 is 11.6 Å². The number of aromatic nitrogens is 1. The summed E-state index contributed by atoms with van der Waals surface area (Å²) in [6, 6.07) is 1.58. The van der Waals surface area contributed by atoms with E-state index in [1.54, 1.807) is 16.8 Å². The Hall–Kier alpha value is -1.00. The Kier molecular flexibility index (Phi) is 2.73. The van der Waals surface area contributed by atoms with E-state index in [9.17, 15) is 4.79 Å². The molecule has 1 aromatic rings. The van der Waals surface area contributed by atoms with Crippen LogP contribution in [0.2, 0.25) is 5.02 Å². The number of carbonyl (C=O) groups is 1. The molecule has 0 bridgehead atoms. The molecule has 4 nitrogen and oxygen atoms in total. The number of hydrogen-bond acceptors (Lipinski definition) is 2. The van der Waals surface area contributed by atoms with Crippen molar-refractivity contribution in [2.75, 3.05) is 0 Å². The molecule has 0 saturated heterocycles. The van der Waals surface area contributed by atoms with Crippen LogP contribution < -0.4 is 11.3 Å². The van der Waals surface area contributed by atoms with Crippen LogP contribution in [-0.4, -0.2) is 10.5 Å². The molecule has 3 N–H and O–H groups in total. The minimum absolute atomic E-state index is 0.330. The molecule has 0 atom stereocenters. The van der Waals surface area contributed by atoms with Gasteiger partial charge in [0.1, 0.15) is 5.69 Å². The lowest BCUT2D eigenvalue weighted by molar-refractivity contribution is 0.0944. The molecule has 0 radical (unpaired) electrons. The molecule has 0 fully saturated rings. The highest BCUT2D eigenvalue weighted by Crippen LogP contribution is 2.13. The van der Waals surface area contributed by atoms with Crippen LogP contribution in [0.25, 0.3) is 0 Å². The normalized spacial score (nSPS) is 9.92. The average Bonchev–Trinajstić information content (AvgIpc) is 2.45. The first-order valence-electron chi connectivity index (χ1n) is 3.55. The fourth-order valence-electron chi connectivity index (χ4n) is 1.00. The Balaban J connectivity index is 3.04. The van der Waals surface area contributed by atoms with Crippen molar-refractivity contribution in [3.8, 4) is 0 Å². The minimum atomic E-state index is -0.330. The molecular weight excluding hydrogens is 178 g/mol. The molecular formula is C7H10ClN3O. The molecule has 1 amide bonds. The van der Waals surface area contributed by atoms with Gasteiger partial charge in [-0.3, -0.25) is 10.2 Å². The summed E-state index contributed by atoms with van der Waals surface area (Å²) in [5.41, 5.74) is 2.53. The zero-order valence-corrected chi connectivity index (χ0v) is 7.43. The summed E-state index contributed by atoms with van der Waals surface area (Å²) in [5, 5.41) is 0.537. The van der Waals surface area contributed by atoms with Crippen molar-refractivity contribution >= 4 is 17.5 Å². The lowest BCUT2D eigenvalue weighted by atomic mass is 10.4. The first-order chi connectivity index (χ1) is 5.69. The third-order valence-electron chi connectivity index (χ3n) is 1.57. The number of halogens is 1. The highest BCUT2D eigenvalue weighted by molar-refractivity contribution is 6.31. The average molecular weight is 188 g/mol. The van der Waals surface area contributed by atoms with Gasteiger partial charge in [-0.25, -0.2) is 5.84 Å². The lowest BCUT2D eigenvalue weighted by Crippen LogP contribution is -2.31. The Morgan fingerprint density at radius 1 is 1.83 bits per heavy atom. The van der Waals surface area contributed by atoms with Crippen LogP contribution in [-0.2, 0) is 6.54 Å². The zero-order chi connectivity index (χ0) is 9.14. The molecule has 0 aromatic carbocycles. The SMILES string of the molecule is CCn1cc(Cl)cc1C(=O)NN. The third kappa shape index (κ3) is 1.60. The summed E-state index contributed by atoms with van der Waals surface area (Å²) in [6.45, 7) is 2.61. The summed E-state index contributed by atoms with van der Waals surface area (Å²) in [4.78, 5) is 11.1. The molecule has 0 aliphatic heterocycles. The number of nitrogens with zero attached hydrogens (tertiary/aromatic N) is 1. The Morgan fingerprint density at radius 3 is 3.00 bits per heavy atom. The summed E-state index contributed by atoms with van der Waals surface area (Å²) in [5.74, 6) is 4.65. The maximum absolute atomic E-state index is 11.1. The molecule has 5 heteroatoms. The second kappa shape index (κ2) is 3.60. The van der Waals surface area contributed by atoms with E-state index in [1.807, 2.05) is 6.92 Å². The predicted molar refractivity (Wildman–Crippen MR) is 46.8 cm³/mol. The molecule has 1 aromatic heterocycles. The molecule has 0 saturated carbocycles. The zero-order valence-electron chi connectivity index (χ0n) is 6.67. The van der Waals surface area contributed by atoms with Gasteiger partial charge in [-0.05, 0) is 13.0 Å². The Morgan fingerprint density at radius 2 is 2.50 bits per heavy atom. The number of hydrazine groups is 1. The quantitative estimate of drug-likeness (QED) is 0.408. The highest BCUT2D eigenvalue weighted by atomic mass is 35.5. The number of rotatable bonds is 2. The molecule has 0 aliphatic carbocycles. The van der Waals surface area contributed by atoms with Gasteiger partial charge in [0, 0.05) is 12.7 Å². The monoisotopic (exact) mass is 187 g/mol. The summed E-state index contributed by atoms with van der Waals surface area (Å²) in [7, 11) is 0. The predicted octanol–water partition coefficient (Wildman–Crippen LogP) is 0.765.